The monoisotopic (exact) mass is 440 g/mol. The van der Waals surface area contributed by atoms with Gasteiger partial charge < -0.3 is 14.2 Å². The molecule has 6 nitrogen and oxygen atoms in total. The fraction of sp³-hybridized carbons (Fsp3) is 0.143. The number of halogens is 1. The van der Waals surface area contributed by atoms with E-state index < -0.39 is 0 Å². The Labute approximate surface area is 172 Å². The van der Waals surface area contributed by atoms with E-state index in [0.29, 0.717) is 11.3 Å². The molecule has 3 rings (SSSR count). The third-order valence-electron chi connectivity index (χ3n) is 4.19. The summed E-state index contributed by atoms with van der Waals surface area (Å²) in [5, 5.41) is 4.10. The zero-order valence-electron chi connectivity index (χ0n) is 15.9. The predicted molar refractivity (Wildman–Crippen MR) is 116 cm³/mol. The second-order valence-corrected chi connectivity index (χ2v) is 7.17. The van der Waals surface area contributed by atoms with Gasteiger partial charge in [0, 0.05) is 36.1 Å². The topological polar surface area (TPSA) is 58.9 Å². The number of carbonyl (C=O) groups is 1. The van der Waals surface area contributed by atoms with E-state index in [4.69, 9.17) is 4.74 Å². The quantitative estimate of drug-likeness (QED) is 0.464. The molecule has 0 atom stereocenters. The van der Waals surface area contributed by atoms with Crippen LogP contribution >= 0.6 is 15.9 Å². The van der Waals surface area contributed by atoms with Crippen molar-refractivity contribution in [1.29, 1.82) is 0 Å². The number of anilines is 1. The summed E-state index contributed by atoms with van der Waals surface area (Å²) in [4.78, 5) is 14.5. The summed E-state index contributed by atoms with van der Waals surface area (Å²) in [6.45, 7) is 0. The van der Waals surface area contributed by atoms with Gasteiger partial charge in [0.15, 0.2) is 0 Å². The van der Waals surface area contributed by atoms with E-state index in [1.165, 1.54) is 7.11 Å². The third kappa shape index (κ3) is 4.43. The summed E-state index contributed by atoms with van der Waals surface area (Å²) in [5.74, 6) is 0.142. The van der Waals surface area contributed by atoms with Gasteiger partial charge in [-0.1, -0.05) is 15.9 Å². The van der Waals surface area contributed by atoms with Crippen molar-refractivity contribution in [2.24, 2.45) is 5.10 Å². The molecule has 0 aliphatic carbocycles. The molecule has 1 heterocycles. The number of nitrogens with zero attached hydrogens (tertiary/aromatic N) is 3. The van der Waals surface area contributed by atoms with Crippen molar-refractivity contribution < 1.29 is 9.53 Å². The Hall–Kier alpha value is -3.06. The van der Waals surface area contributed by atoms with Gasteiger partial charge in [-0.05, 0) is 54.6 Å². The molecule has 7 heteroatoms. The Morgan fingerprint density at radius 3 is 2.61 bits per heavy atom. The molecule has 0 spiro atoms. The largest absolute Gasteiger partial charge is 0.496 e. The van der Waals surface area contributed by atoms with Crippen molar-refractivity contribution in [2.45, 2.75) is 0 Å². The lowest BCUT2D eigenvalue weighted by atomic mass is 10.2. The highest BCUT2D eigenvalue weighted by molar-refractivity contribution is 9.10. The second-order valence-electron chi connectivity index (χ2n) is 6.26. The molecule has 28 heavy (non-hydrogen) atoms. The van der Waals surface area contributed by atoms with Crippen molar-refractivity contribution in [2.75, 3.05) is 26.1 Å². The van der Waals surface area contributed by atoms with E-state index >= 15 is 0 Å². The lowest BCUT2D eigenvalue weighted by molar-refractivity contribution is 0.0952. The molecule has 1 aromatic heterocycles. The van der Waals surface area contributed by atoms with E-state index in [2.05, 4.69) is 38.6 Å². The van der Waals surface area contributed by atoms with Crippen LogP contribution in [0.1, 0.15) is 16.1 Å². The number of aromatic nitrogens is 1. The van der Waals surface area contributed by atoms with Crippen LogP contribution in [0.4, 0.5) is 5.69 Å². The summed E-state index contributed by atoms with van der Waals surface area (Å²) in [6.07, 6.45) is 3.56. The van der Waals surface area contributed by atoms with E-state index in [0.717, 1.165) is 21.5 Å². The number of ether oxygens (including phenoxy) is 1. The Kier molecular flexibility index (Phi) is 6.16. The fourth-order valence-electron chi connectivity index (χ4n) is 2.72. The van der Waals surface area contributed by atoms with Crippen LogP contribution in [0, 0.1) is 0 Å². The average molecular weight is 441 g/mol. The minimum Gasteiger partial charge on any atom is -0.496 e. The van der Waals surface area contributed by atoms with E-state index in [1.54, 1.807) is 18.3 Å². The third-order valence-corrected chi connectivity index (χ3v) is 4.69. The Morgan fingerprint density at radius 2 is 1.93 bits per heavy atom. The lowest BCUT2D eigenvalue weighted by Crippen LogP contribution is -2.18. The Balaban J connectivity index is 1.75. The van der Waals surface area contributed by atoms with Crippen molar-refractivity contribution >= 4 is 33.7 Å². The van der Waals surface area contributed by atoms with Gasteiger partial charge in [0.2, 0.25) is 0 Å². The maximum absolute atomic E-state index is 12.4. The molecule has 0 saturated carbocycles. The smallest absolute Gasteiger partial charge is 0.275 e. The first-order chi connectivity index (χ1) is 13.5. The molecular formula is C21H21BrN4O2. The van der Waals surface area contributed by atoms with Crippen molar-refractivity contribution in [3.05, 3.63) is 76.5 Å². The SMILES string of the molecule is COc1ccc(Br)cc1C(=O)N/N=C\c1cccn1-c1ccc(N(C)C)cc1. The molecule has 3 aromatic rings. The van der Waals surface area contributed by atoms with Crippen LogP contribution in [0.5, 0.6) is 5.75 Å². The molecule has 0 aliphatic rings. The van der Waals surface area contributed by atoms with Crippen LogP contribution < -0.4 is 15.1 Å². The summed E-state index contributed by atoms with van der Waals surface area (Å²) in [7, 11) is 5.54. The summed E-state index contributed by atoms with van der Waals surface area (Å²) >= 11 is 3.36. The molecule has 2 aromatic carbocycles. The van der Waals surface area contributed by atoms with E-state index in [-0.39, 0.29) is 5.91 Å². The van der Waals surface area contributed by atoms with Gasteiger partial charge >= 0.3 is 0 Å². The number of rotatable bonds is 6. The van der Waals surface area contributed by atoms with Crippen LogP contribution in [-0.4, -0.2) is 37.9 Å². The molecule has 0 unspecified atom stereocenters. The normalized spacial score (nSPS) is 10.9. The molecule has 0 bridgehead atoms. The molecule has 1 N–H and O–H groups in total. The highest BCUT2D eigenvalue weighted by atomic mass is 79.9. The van der Waals surface area contributed by atoms with Crippen LogP contribution in [0.2, 0.25) is 0 Å². The number of methoxy groups -OCH3 is 1. The van der Waals surface area contributed by atoms with E-state index in [9.17, 15) is 4.79 Å². The molecule has 0 fully saturated rings. The van der Waals surface area contributed by atoms with Crippen molar-refractivity contribution in [3.8, 4) is 11.4 Å². The standard InChI is InChI=1S/C21H21BrN4O2/c1-25(2)16-7-9-17(10-8-16)26-12-4-5-18(26)14-23-24-21(27)19-13-15(22)6-11-20(19)28-3/h4-14H,1-3H3,(H,24,27)/b23-14-. The Bertz CT molecular complexity index is 994. The van der Waals surface area contributed by atoms with Gasteiger partial charge in [-0.15, -0.1) is 0 Å². The first kappa shape index (κ1) is 19.7. The first-order valence-corrected chi connectivity index (χ1v) is 9.41. The molecular weight excluding hydrogens is 420 g/mol. The van der Waals surface area contributed by atoms with Gasteiger partial charge in [-0.3, -0.25) is 4.79 Å². The number of carbonyl (C=O) groups excluding carboxylic acids is 1. The summed E-state index contributed by atoms with van der Waals surface area (Å²) in [5.41, 5.74) is 5.94. The maximum Gasteiger partial charge on any atom is 0.275 e. The minimum absolute atomic E-state index is 0.345. The van der Waals surface area contributed by atoms with Gasteiger partial charge in [0.1, 0.15) is 5.75 Å². The van der Waals surface area contributed by atoms with Crippen molar-refractivity contribution in [1.82, 2.24) is 9.99 Å². The first-order valence-electron chi connectivity index (χ1n) is 8.61. The molecule has 1 amide bonds. The second kappa shape index (κ2) is 8.75. The Morgan fingerprint density at radius 1 is 1.18 bits per heavy atom. The van der Waals surface area contributed by atoms with Gasteiger partial charge in [-0.2, -0.15) is 5.10 Å². The number of nitrogens with one attached hydrogen (secondary N) is 1. The molecule has 144 valence electrons. The van der Waals surface area contributed by atoms with Gasteiger partial charge in [-0.25, -0.2) is 5.43 Å². The number of hydrogen-bond donors (Lipinski definition) is 1. The molecule has 0 radical (unpaired) electrons. The van der Waals surface area contributed by atoms with Crippen LogP contribution in [0.15, 0.2) is 70.4 Å². The predicted octanol–water partition coefficient (Wildman–Crippen LogP) is 4.08. The zero-order valence-corrected chi connectivity index (χ0v) is 17.5. The lowest BCUT2D eigenvalue weighted by Gasteiger charge is -2.13. The zero-order chi connectivity index (χ0) is 20.1. The minimum atomic E-state index is -0.345. The number of hydrogen-bond acceptors (Lipinski definition) is 4. The highest BCUT2D eigenvalue weighted by Gasteiger charge is 2.12. The average Bonchev–Trinajstić information content (AvgIpc) is 3.16. The molecule has 0 aliphatic heterocycles. The number of amides is 1. The van der Waals surface area contributed by atoms with Crippen LogP contribution in [0.3, 0.4) is 0 Å². The number of hydrazone groups is 1. The number of benzene rings is 2. The fourth-order valence-corrected chi connectivity index (χ4v) is 3.08. The molecule has 0 saturated heterocycles. The van der Waals surface area contributed by atoms with Gasteiger partial charge in [0.05, 0.1) is 24.6 Å². The van der Waals surface area contributed by atoms with Crippen molar-refractivity contribution in [3.63, 3.8) is 0 Å². The summed E-state index contributed by atoms with van der Waals surface area (Å²) in [6, 6.07) is 17.3. The van der Waals surface area contributed by atoms with E-state index in [1.807, 2.05) is 60.1 Å². The summed E-state index contributed by atoms with van der Waals surface area (Å²) < 4.78 is 8.02. The maximum atomic E-state index is 12.4. The van der Waals surface area contributed by atoms with Crippen LogP contribution in [-0.2, 0) is 0 Å². The van der Waals surface area contributed by atoms with Gasteiger partial charge in [0.25, 0.3) is 5.91 Å². The van der Waals surface area contributed by atoms with Crippen LogP contribution in [0.25, 0.3) is 5.69 Å². The highest BCUT2D eigenvalue weighted by Crippen LogP contribution is 2.23.